The molecule has 0 aliphatic carbocycles. The lowest BCUT2D eigenvalue weighted by atomic mass is 10.0. The van der Waals surface area contributed by atoms with Crippen LogP contribution in [0.2, 0.25) is 5.02 Å². The minimum Gasteiger partial charge on any atom is -0.464 e. The number of hydrogen-bond acceptors (Lipinski definition) is 6. The Bertz CT molecular complexity index is 673. The van der Waals surface area contributed by atoms with E-state index in [0.717, 1.165) is 5.56 Å². The zero-order valence-electron chi connectivity index (χ0n) is 17.5. The van der Waals surface area contributed by atoms with E-state index in [1.807, 2.05) is 45.0 Å². The van der Waals surface area contributed by atoms with Crippen LogP contribution < -0.4 is 0 Å². The smallest absolute Gasteiger partial charge is 0.410 e. The maximum Gasteiger partial charge on any atom is 0.410 e. The number of ether oxygens (including phenoxy) is 4. The molecule has 0 spiro atoms. The first kappa shape index (κ1) is 23.4. The Morgan fingerprint density at radius 3 is 2.55 bits per heavy atom. The van der Waals surface area contributed by atoms with Gasteiger partial charge in [-0.3, -0.25) is 4.90 Å². The first-order chi connectivity index (χ1) is 13.7. The topological polar surface area (TPSA) is 74.3 Å². The predicted molar refractivity (Wildman–Crippen MR) is 109 cm³/mol. The molecule has 1 saturated heterocycles. The fourth-order valence-corrected chi connectivity index (χ4v) is 3.07. The van der Waals surface area contributed by atoms with Crippen molar-refractivity contribution in [3.05, 3.63) is 34.9 Å². The Balaban J connectivity index is 2.00. The van der Waals surface area contributed by atoms with Crippen molar-refractivity contribution in [3.63, 3.8) is 0 Å². The van der Waals surface area contributed by atoms with Crippen LogP contribution in [0.3, 0.4) is 0 Å². The summed E-state index contributed by atoms with van der Waals surface area (Å²) in [5.41, 5.74) is 0.449. The van der Waals surface area contributed by atoms with Gasteiger partial charge in [-0.2, -0.15) is 0 Å². The van der Waals surface area contributed by atoms with Crippen molar-refractivity contribution in [2.45, 2.75) is 51.9 Å². The fourth-order valence-electron chi connectivity index (χ4n) is 2.94. The van der Waals surface area contributed by atoms with E-state index < -0.39 is 17.7 Å². The molecule has 0 aromatic heterocycles. The quantitative estimate of drug-likeness (QED) is 0.620. The molecule has 1 aromatic carbocycles. The zero-order valence-corrected chi connectivity index (χ0v) is 18.2. The maximum atomic E-state index is 12.8. The average Bonchev–Trinajstić information content (AvgIpc) is 2.63. The van der Waals surface area contributed by atoms with Crippen molar-refractivity contribution in [1.29, 1.82) is 0 Å². The van der Waals surface area contributed by atoms with Gasteiger partial charge in [-0.15, -0.1) is 0 Å². The molecular weight excluding hydrogens is 398 g/mol. The normalized spacial score (nSPS) is 19.7. The molecular formula is C21H30ClNO6. The number of carbonyl (C=O) groups excluding carboxylic acids is 2. The van der Waals surface area contributed by atoms with E-state index in [1.165, 1.54) is 0 Å². The van der Waals surface area contributed by atoms with Gasteiger partial charge in [-0.25, -0.2) is 9.59 Å². The fraction of sp³-hybridized carbons (Fsp3) is 0.619. The predicted octanol–water partition coefficient (Wildman–Crippen LogP) is 3.47. The summed E-state index contributed by atoms with van der Waals surface area (Å²) in [6.45, 7) is 8.24. The summed E-state index contributed by atoms with van der Waals surface area (Å²) in [5, 5.41) is 0.663. The third-order valence-electron chi connectivity index (χ3n) is 4.21. The molecule has 1 aromatic rings. The molecule has 0 saturated carbocycles. The lowest BCUT2D eigenvalue weighted by molar-refractivity contribution is -0.151. The molecule has 2 rings (SSSR count). The lowest BCUT2D eigenvalue weighted by Crippen LogP contribution is -2.55. The van der Waals surface area contributed by atoms with Gasteiger partial charge >= 0.3 is 12.1 Å². The number of hydrogen-bond donors (Lipinski definition) is 0. The van der Waals surface area contributed by atoms with E-state index in [0.29, 0.717) is 31.2 Å². The van der Waals surface area contributed by atoms with E-state index >= 15 is 0 Å². The number of nitrogens with zero attached hydrogens (tertiary/aromatic N) is 1. The zero-order chi connectivity index (χ0) is 21.4. The van der Waals surface area contributed by atoms with E-state index in [-0.39, 0.29) is 25.4 Å². The Labute approximate surface area is 177 Å². The van der Waals surface area contributed by atoms with Gasteiger partial charge in [0.2, 0.25) is 0 Å². The summed E-state index contributed by atoms with van der Waals surface area (Å²) in [5.74, 6) is -0.423. The van der Waals surface area contributed by atoms with Crippen LogP contribution in [-0.2, 0) is 30.2 Å². The first-order valence-corrected chi connectivity index (χ1v) is 10.1. The van der Waals surface area contributed by atoms with Crippen LogP contribution in [0.15, 0.2) is 24.3 Å². The van der Waals surface area contributed by atoms with E-state index in [2.05, 4.69) is 0 Å². The number of benzene rings is 1. The van der Waals surface area contributed by atoms with E-state index in [4.69, 9.17) is 30.5 Å². The van der Waals surface area contributed by atoms with Crippen molar-refractivity contribution >= 4 is 23.7 Å². The number of amides is 1. The highest BCUT2D eigenvalue weighted by Gasteiger charge is 2.35. The van der Waals surface area contributed by atoms with Gasteiger partial charge in [0.15, 0.2) is 0 Å². The van der Waals surface area contributed by atoms with Crippen LogP contribution in [-0.4, -0.2) is 67.7 Å². The molecule has 29 heavy (non-hydrogen) atoms. The Morgan fingerprint density at radius 2 is 1.93 bits per heavy atom. The second-order valence-electron chi connectivity index (χ2n) is 7.89. The van der Waals surface area contributed by atoms with Crippen LogP contribution in [0.5, 0.6) is 0 Å². The number of morpholine rings is 1. The Morgan fingerprint density at radius 1 is 1.24 bits per heavy atom. The summed E-state index contributed by atoms with van der Waals surface area (Å²) in [6, 6.07) is 7.34. The van der Waals surface area contributed by atoms with Gasteiger partial charge in [0.25, 0.3) is 0 Å². The molecule has 1 amide bonds. The van der Waals surface area contributed by atoms with Gasteiger partial charge in [0.05, 0.1) is 38.5 Å². The van der Waals surface area contributed by atoms with Gasteiger partial charge in [-0.1, -0.05) is 23.7 Å². The van der Waals surface area contributed by atoms with Gasteiger partial charge in [0, 0.05) is 5.02 Å². The molecule has 0 radical (unpaired) electrons. The van der Waals surface area contributed by atoms with Crippen molar-refractivity contribution in [2.24, 2.45) is 0 Å². The highest BCUT2D eigenvalue weighted by atomic mass is 35.5. The van der Waals surface area contributed by atoms with Crippen molar-refractivity contribution in [3.8, 4) is 0 Å². The average molecular weight is 428 g/mol. The standard InChI is InChI=1S/C21H30ClNO6/c1-5-27-19(24)14-26-13-18-11-23(20(25)29-21(2,3)4)17(12-28-18)10-15-6-8-16(22)9-7-15/h6-9,17-18H,5,10-14H2,1-4H3/t17-,18+/m0/s1. The van der Waals surface area contributed by atoms with Crippen molar-refractivity contribution in [1.82, 2.24) is 4.90 Å². The van der Waals surface area contributed by atoms with E-state index in [9.17, 15) is 9.59 Å². The molecule has 1 heterocycles. The Hall–Kier alpha value is -1.83. The second-order valence-corrected chi connectivity index (χ2v) is 8.33. The molecule has 1 aliphatic rings. The molecule has 0 unspecified atom stereocenters. The third-order valence-corrected chi connectivity index (χ3v) is 4.46. The molecule has 2 atom stereocenters. The maximum absolute atomic E-state index is 12.8. The summed E-state index contributed by atoms with van der Waals surface area (Å²) in [6.07, 6.45) is -0.124. The summed E-state index contributed by atoms with van der Waals surface area (Å²) >= 11 is 5.96. The molecule has 0 N–H and O–H groups in total. The summed E-state index contributed by atoms with van der Waals surface area (Å²) < 4.78 is 21.7. The van der Waals surface area contributed by atoms with Crippen LogP contribution in [0.4, 0.5) is 4.79 Å². The SMILES string of the molecule is CCOC(=O)COC[C@H]1CN(C(=O)OC(C)(C)C)[C@@H](Cc2ccc(Cl)cc2)CO1. The molecule has 162 valence electrons. The van der Waals surface area contributed by atoms with Gasteiger partial charge in [0.1, 0.15) is 12.2 Å². The molecule has 0 bridgehead atoms. The summed E-state index contributed by atoms with van der Waals surface area (Å²) in [7, 11) is 0. The highest BCUT2D eigenvalue weighted by molar-refractivity contribution is 6.30. The van der Waals surface area contributed by atoms with Crippen molar-refractivity contribution in [2.75, 3.05) is 33.0 Å². The number of esters is 1. The van der Waals surface area contributed by atoms with Crippen LogP contribution in [0, 0.1) is 0 Å². The van der Waals surface area contributed by atoms with E-state index in [1.54, 1.807) is 11.8 Å². The largest absolute Gasteiger partial charge is 0.464 e. The lowest BCUT2D eigenvalue weighted by Gasteiger charge is -2.40. The number of carbonyl (C=O) groups is 2. The summed E-state index contributed by atoms with van der Waals surface area (Å²) in [4.78, 5) is 25.9. The minimum atomic E-state index is -0.601. The highest BCUT2D eigenvalue weighted by Crippen LogP contribution is 2.21. The van der Waals surface area contributed by atoms with Gasteiger partial charge < -0.3 is 18.9 Å². The first-order valence-electron chi connectivity index (χ1n) is 9.77. The van der Waals surface area contributed by atoms with Gasteiger partial charge in [-0.05, 0) is 51.8 Å². The van der Waals surface area contributed by atoms with Crippen LogP contribution in [0.1, 0.15) is 33.3 Å². The number of rotatable bonds is 7. The molecule has 7 nitrogen and oxygen atoms in total. The third kappa shape index (κ3) is 8.20. The van der Waals surface area contributed by atoms with Crippen LogP contribution >= 0.6 is 11.6 Å². The Kier molecular flexibility index (Phi) is 8.74. The minimum absolute atomic E-state index is 0.145. The molecule has 1 fully saturated rings. The monoisotopic (exact) mass is 427 g/mol. The van der Waals surface area contributed by atoms with Crippen molar-refractivity contribution < 1.29 is 28.5 Å². The second kappa shape index (κ2) is 10.8. The van der Waals surface area contributed by atoms with Crippen LogP contribution in [0.25, 0.3) is 0 Å². The molecule has 1 aliphatic heterocycles. The number of halogens is 1. The molecule has 8 heteroatoms.